The fraction of sp³-hybridized carbons (Fsp3) is 0.333. The van der Waals surface area contributed by atoms with Crippen LogP contribution in [0.3, 0.4) is 0 Å². The number of hydrogen-bond acceptors (Lipinski definition) is 3. The molecule has 0 atom stereocenters. The number of carbonyl (C=O) groups is 1. The van der Waals surface area contributed by atoms with E-state index in [2.05, 4.69) is 29.4 Å². The molecule has 0 aliphatic carbocycles. The Balaban J connectivity index is 1.81. The molecule has 0 radical (unpaired) electrons. The summed E-state index contributed by atoms with van der Waals surface area (Å²) >= 11 is 1.68. The van der Waals surface area contributed by atoms with Crippen LogP contribution < -0.4 is 5.32 Å². The van der Waals surface area contributed by atoms with Crippen LogP contribution in [0.1, 0.15) is 42.1 Å². The molecule has 1 N–H and O–H groups in total. The third kappa shape index (κ3) is 5.53. The van der Waals surface area contributed by atoms with Gasteiger partial charge < -0.3 is 5.32 Å². The van der Waals surface area contributed by atoms with Crippen molar-refractivity contribution in [3.63, 3.8) is 0 Å². The van der Waals surface area contributed by atoms with Crippen molar-refractivity contribution in [2.45, 2.75) is 37.0 Å². The summed E-state index contributed by atoms with van der Waals surface area (Å²) in [7, 11) is 0. The number of benzene rings is 1. The maximum atomic E-state index is 11.9. The maximum absolute atomic E-state index is 11.9. The summed E-state index contributed by atoms with van der Waals surface area (Å²) in [6, 6.07) is 14.0. The highest BCUT2D eigenvalue weighted by molar-refractivity contribution is 7.98. The first kappa shape index (κ1) is 16.6. The van der Waals surface area contributed by atoms with Crippen LogP contribution in [-0.4, -0.2) is 17.4 Å². The predicted octanol–water partition coefficient (Wildman–Crippen LogP) is 4.29. The van der Waals surface area contributed by atoms with Gasteiger partial charge in [-0.2, -0.15) is 0 Å². The van der Waals surface area contributed by atoms with Gasteiger partial charge >= 0.3 is 0 Å². The minimum Gasteiger partial charge on any atom is -0.352 e. The van der Waals surface area contributed by atoms with Gasteiger partial charge in [-0.05, 0) is 24.1 Å². The van der Waals surface area contributed by atoms with E-state index in [9.17, 15) is 4.79 Å². The molecule has 22 heavy (non-hydrogen) atoms. The molecule has 2 rings (SSSR count). The molecule has 1 aromatic carbocycles. The number of rotatable bonds is 8. The molecule has 0 aliphatic heterocycles. The molecule has 0 bridgehead atoms. The Labute approximate surface area is 136 Å². The Morgan fingerprint density at radius 1 is 1.14 bits per heavy atom. The molecule has 0 saturated carbocycles. The van der Waals surface area contributed by atoms with E-state index in [1.807, 2.05) is 30.3 Å². The molecular formula is C18H22N2OS. The van der Waals surface area contributed by atoms with Crippen LogP contribution in [0, 0.1) is 0 Å². The standard InChI is InChI=1S/C18H22N2OS/c1-2-3-7-12-19-18(21)16-10-11-17(20-13-16)22-14-15-8-5-4-6-9-15/h4-6,8-11,13H,2-3,7,12,14H2,1H3,(H,19,21). The summed E-state index contributed by atoms with van der Waals surface area (Å²) in [4.78, 5) is 16.3. The van der Waals surface area contributed by atoms with E-state index in [4.69, 9.17) is 0 Å². The van der Waals surface area contributed by atoms with Crippen molar-refractivity contribution in [3.8, 4) is 0 Å². The normalized spacial score (nSPS) is 10.4. The smallest absolute Gasteiger partial charge is 0.252 e. The average Bonchev–Trinajstić information content (AvgIpc) is 2.58. The number of unbranched alkanes of at least 4 members (excludes halogenated alkanes) is 2. The highest BCUT2D eigenvalue weighted by Crippen LogP contribution is 2.20. The second kappa shape index (κ2) is 9.26. The van der Waals surface area contributed by atoms with Crippen molar-refractivity contribution in [1.82, 2.24) is 10.3 Å². The van der Waals surface area contributed by atoms with Crippen LogP contribution in [0.4, 0.5) is 0 Å². The molecule has 2 aromatic rings. The van der Waals surface area contributed by atoms with Crippen LogP contribution in [0.15, 0.2) is 53.7 Å². The fourth-order valence-corrected chi connectivity index (χ4v) is 2.81. The SMILES string of the molecule is CCCCCNC(=O)c1ccc(SCc2ccccc2)nc1. The van der Waals surface area contributed by atoms with Gasteiger partial charge in [0.15, 0.2) is 0 Å². The quantitative estimate of drug-likeness (QED) is 0.583. The van der Waals surface area contributed by atoms with Gasteiger partial charge in [-0.25, -0.2) is 4.98 Å². The molecule has 4 heteroatoms. The number of carbonyl (C=O) groups excluding carboxylic acids is 1. The van der Waals surface area contributed by atoms with Gasteiger partial charge in [-0.1, -0.05) is 50.1 Å². The van der Waals surface area contributed by atoms with Crippen molar-refractivity contribution in [1.29, 1.82) is 0 Å². The van der Waals surface area contributed by atoms with Crippen LogP contribution >= 0.6 is 11.8 Å². The minimum absolute atomic E-state index is 0.0387. The summed E-state index contributed by atoms with van der Waals surface area (Å²) < 4.78 is 0. The lowest BCUT2D eigenvalue weighted by Crippen LogP contribution is -2.24. The van der Waals surface area contributed by atoms with Crippen molar-refractivity contribution < 1.29 is 4.79 Å². The van der Waals surface area contributed by atoms with Gasteiger partial charge in [0.1, 0.15) is 0 Å². The first-order chi connectivity index (χ1) is 10.8. The molecular weight excluding hydrogens is 292 g/mol. The number of thioether (sulfide) groups is 1. The molecule has 0 unspecified atom stereocenters. The fourth-order valence-electron chi connectivity index (χ4n) is 2.01. The van der Waals surface area contributed by atoms with E-state index in [1.54, 1.807) is 18.0 Å². The lowest BCUT2D eigenvalue weighted by molar-refractivity contribution is 0.0952. The van der Waals surface area contributed by atoms with E-state index in [1.165, 1.54) is 5.56 Å². The molecule has 1 heterocycles. The zero-order valence-electron chi connectivity index (χ0n) is 12.9. The lowest BCUT2D eigenvalue weighted by atomic mass is 10.2. The highest BCUT2D eigenvalue weighted by atomic mass is 32.2. The third-order valence-corrected chi connectivity index (χ3v) is 4.31. The van der Waals surface area contributed by atoms with Gasteiger partial charge in [-0.15, -0.1) is 11.8 Å². The zero-order chi connectivity index (χ0) is 15.6. The molecule has 3 nitrogen and oxygen atoms in total. The van der Waals surface area contributed by atoms with E-state index in [0.717, 1.165) is 36.6 Å². The van der Waals surface area contributed by atoms with Crippen molar-refractivity contribution >= 4 is 17.7 Å². The van der Waals surface area contributed by atoms with Crippen molar-refractivity contribution in [3.05, 3.63) is 59.8 Å². The zero-order valence-corrected chi connectivity index (χ0v) is 13.7. The Bertz CT molecular complexity index is 569. The molecule has 1 aromatic heterocycles. The molecule has 116 valence electrons. The van der Waals surface area contributed by atoms with Gasteiger partial charge in [-0.3, -0.25) is 4.79 Å². The second-order valence-corrected chi connectivity index (χ2v) is 6.12. The van der Waals surface area contributed by atoms with E-state index in [-0.39, 0.29) is 5.91 Å². The van der Waals surface area contributed by atoms with Gasteiger partial charge in [0.2, 0.25) is 0 Å². The highest BCUT2D eigenvalue weighted by Gasteiger charge is 2.05. The Morgan fingerprint density at radius 2 is 1.95 bits per heavy atom. The number of nitrogens with one attached hydrogen (secondary N) is 1. The predicted molar refractivity (Wildman–Crippen MR) is 92.1 cm³/mol. The third-order valence-electron chi connectivity index (χ3n) is 3.29. The second-order valence-electron chi connectivity index (χ2n) is 5.12. The average molecular weight is 314 g/mol. The molecule has 0 aliphatic rings. The Morgan fingerprint density at radius 3 is 2.64 bits per heavy atom. The number of nitrogens with zero attached hydrogens (tertiary/aromatic N) is 1. The minimum atomic E-state index is -0.0387. The van der Waals surface area contributed by atoms with Crippen LogP contribution in [0.2, 0.25) is 0 Å². The monoisotopic (exact) mass is 314 g/mol. The number of pyridine rings is 1. The molecule has 0 fully saturated rings. The summed E-state index contributed by atoms with van der Waals surface area (Å²) in [6.45, 7) is 2.88. The maximum Gasteiger partial charge on any atom is 0.252 e. The van der Waals surface area contributed by atoms with Gasteiger partial charge in [0.05, 0.1) is 10.6 Å². The van der Waals surface area contributed by atoms with Crippen molar-refractivity contribution in [2.24, 2.45) is 0 Å². The Hall–Kier alpha value is -1.81. The van der Waals surface area contributed by atoms with E-state index >= 15 is 0 Å². The summed E-state index contributed by atoms with van der Waals surface area (Å²) in [5.74, 6) is 0.847. The molecule has 0 saturated heterocycles. The van der Waals surface area contributed by atoms with Gasteiger partial charge in [0.25, 0.3) is 5.91 Å². The molecule has 1 amide bonds. The molecule has 0 spiro atoms. The van der Waals surface area contributed by atoms with E-state index < -0.39 is 0 Å². The topological polar surface area (TPSA) is 42.0 Å². The number of aromatic nitrogens is 1. The largest absolute Gasteiger partial charge is 0.352 e. The van der Waals surface area contributed by atoms with Crippen LogP contribution in [0.5, 0.6) is 0 Å². The summed E-state index contributed by atoms with van der Waals surface area (Å²) in [6.07, 6.45) is 4.99. The number of amides is 1. The number of hydrogen-bond donors (Lipinski definition) is 1. The van der Waals surface area contributed by atoms with Gasteiger partial charge in [0, 0.05) is 18.5 Å². The summed E-state index contributed by atoms with van der Waals surface area (Å²) in [5.41, 5.74) is 1.90. The van der Waals surface area contributed by atoms with E-state index in [0.29, 0.717) is 5.56 Å². The Kier molecular flexibility index (Phi) is 6.97. The first-order valence-corrected chi connectivity index (χ1v) is 8.69. The summed E-state index contributed by atoms with van der Waals surface area (Å²) in [5, 5.41) is 3.86. The van der Waals surface area contributed by atoms with Crippen LogP contribution in [0.25, 0.3) is 0 Å². The first-order valence-electron chi connectivity index (χ1n) is 7.70. The van der Waals surface area contributed by atoms with Crippen LogP contribution in [-0.2, 0) is 5.75 Å². The lowest BCUT2D eigenvalue weighted by Gasteiger charge is -2.05. The van der Waals surface area contributed by atoms with Crippen molar-refractivity contribution in [2.75, 3.05) is 6.54 Å².